The molecule has 0 saturated carbocycles. The van der Waals surface area contributed by atoms with Crippen LogP contribution < -0.4 is 5.73 Å². The number of carbonyl (C=O) groups is 7. The van der Waals surface area contributed by atoms with E-state index in [-0.39, 0.29) is 85.4 Å². The predicted octanol–water partition coefficient (Wildman–Crippen LogP) is 4.85. The molecule has 18 heteroatoms. The number of hydrogen-bond acceptors (Lipinski definition) is 13. The molecule has 0 aliphatic carbocycles. The van der Waals surface area contributed by atoms with E-state index in [1.807, 2.05) is 84.0 Å². The molecule has 0 radical (unpaired) electrons. The number of carbonyl (C=O) groups excluding carboxylic acids is 7. The summed E-state index contributed by atoms with van der Waals surface area (Å²) in [4.78, 5) is 103. The number of nitrogens with one attached hydrogen (secondary N) is 1. The highest BCUT2D eigenvalue weighted by Crippen LogP contribution is 2.32. The van der Waals surface area contributed by atoms with Crippen LogP contribution in [-0.2, 0) is 63.7 Å². The van der Waals surface area contributed by atoms with Crippen molar-refractivity contribution in [1.82, 2.24) is 24.6 Å². The third-order valence-corrected chi connectivity index (χ3v) is 15.0. The van der Waals surface area contributed by atoms with Crippen molar-refractivity contribution < 1.29 is 57.2 Å². The van der Waals surface area contributed by atoms with E-state index in [1.165, 1.54) is 12.2 Å². The van der Waals surface area contributed by atoms with Crippen molar-refractivity contribution in [1.29, 1.82) is 0 Å². The first-order valence-corrected chi connectivity index (χ1v) is 26.3. The fourth-order valence-corrected chi connectivity index (χ4v) is 10.6. The number of hydrogen-bond donors (Lipinski definition) is 2. The summed E-state index contributed by atoms with van der Waals surface area (Å²) < 4.78 is 29.0. The monoisotopic (exact) mass is 1020 g/mol. The molecule has 3 heterocycles. The quantitative estimate of drug-likeness (QED) is 0.0698. The van der Waals surface area contributed by atoms with Crippen LogP contribution in [0.5, 0.6) is 0 Å². The number of ether oxygens (including phenoxy) is 5. The van der Waals surface area contributed by atoms with Gasteiger partial charge in [0.05, 0.1) is 82.9 Å². The van der Waals surface area contributed by atoms with E-state index in [0.717, 1.165) is 27.8 Å². The summed E-state index contributed by atoms with van der Waals surface area (Å²) in [6.07, 6.45) is 5.40. The maximum absolute atomic E-state index is 14.7. The summed E-state index contributed by atoms with van der Waals surface area (Å²) >= 11 is 0. The summed E-state index contributed by atoms with van der Waals surface area (Å²) in [5.41, 5.74) is 7.72. The lowest BCUT2D eigenvalue weighted by molar-refractivity contribution is -0.149. The van der Waals surface area contributed by atoms with Gasteiger partial charge in [-0.25, -0.2) is 0 Å². The smallest absolute Gasteiger partial charge is 0.253 e. The van der Waals surface area contributed by atoms with Crippen LogP contribution in [0.15, 0.2) is 42.6 Å². The average molecular weight is 1020 g/mol. The molecule has 1 saturated heterocycles. The van der Waals surface area contributed by atoms with Gasteiger partial charge in [-0.3, -0.25) is 43.4 Å². The van der Waals surface area contributed by atoms with Gasteiger partial charge in [0.15, 0.2) is 5.78 Å². The fraction of sp³-hybridized carbons (Fsp3) is 0.691. The van der Waals surface area contributed by atoms with Crippen molar-refractivity contribution in [2.75, 3.05) is 87.6 Å². The van der Waals surface area contributed by atoms with Crippen molar-refractivity contribution in [2.45, 2.75) is 124 Å². The van der Waals surface area contributed by atoms with Crippen LogP contribution in [0.4, 0.5) is 0 Å². The van der Waals surface area contributed by atoms with E-state index in [0.29, 0.717) is 65.4 Å². The average Bonchev–Trinajstić information content (AvgIpc) is 4.10. The van der Waals surface area contributed by atoms with Gasteiger partial charge >= 0.3 is 0 Å². The zero-order valence-electron chi connectivity index (χ0n) is 45.5. The summed E-state index contributed by atoms with van der Waals surface area (Å²) in [5.74, 6) is -4.00. The summed E-state index contributed by atoms with van der Waals surface area (Å²) in [6, 6.07) is 6.44. The van der Waals surface area contributed by atoms with Crippen LogP contribution in [0.25, 0.3) is 10.9 Å². The van der Waals surface area contributed by atoms with Crippen LogP contribution in [0.1, 0.15) is 92.6 Å². The number of Topliss-reactive ketones (excluding diaryl/α,β-unsaturated/α-hetero) is 2. The Balaban J connectivity index is 1.32. The van der Waals surface area contributed by atoms with E-state index >= 15 is 0 Å². The molecule has 408 valence electrons. The Morgan fingerprint density at radius 3 is 2.03 bits per heavy atom. The Morgan fingerprint density at radius 1 is 0.808 bits per heavy atom. The first kappa shape index (κ1) is 60.7. The van der Waals surface area contributed by atoms with Gasteiger partial charge in [-0.2, -0.15) is 0 Å². The number of nitrogens with two attached hydrogens (primary N) is 1. The van der Waals surface area contributed by atoms with E-state index in [1.54, 1.807) is 38.0 Å². The van der Waals surface area contributed by atoms with Crippen molar-refractivity contribution in [3.63, 3.8) is 0 Å². The van der Waals surface area contributed by atoms with Crippen molar-refractivity contribution >= 4 is 52.0 Å². The second kappa shape index (κ2) is 29.9. The third kappa shape index (κ3) is 16.8. The molecule has 73 heavy (non-hydrogen) atoms. The molecule has 2 aliphatic rings. The summed E-state index contributed by atoms with van der Waals surface area (Å²) in [6.45, 7) is 16.8. The molecule has 2 aliphatic heterocycles. The Labute approximate surface area is 433 Å². The number of H-pyrrole nitrogens is 1. The van der Waals surface area contributed by atoms with Gasteiger partial charge in [0, 0.05) is 94.2 Å². The lowest BCUT2D eigenvalue weighted by Gasteiger charge is -2.41. The molecule has 0 spiro atoms. The SMILES string of the molecule is CC[C@H](C)[C@@H]([C@@H](CC(=O)N1CCC[C@H]1[C@H](OC)[C@@H](C)C(=O)C[C@@H](Cc1c[nH]c2ccccc12)C(N)=O)OC)N(C)C(=O)[C@@H](CC(=O)[C@H](C(C)C)N(C)CCOCCOCCOCCN1C(=O)C=CC1=O)C(C)C. The van der Waals surface area contributed by atoms with Gasteiger partial charge in [-0.05, 0) is 55.7 Å². The van der Waals surface area contributed by atoms with Crippen LogP contribution in [0.2, 0.25) is 0 Å². The molecule has 3 N–H and O–H groups in total. The zero-order chi connectivity index (χ0) is 53.9. The molecule has 0 bridgehead atoms. The molecule has 18 nitrogen and oxygen atoms in total. The Kier molecular flexibility index (Phi) is 24.9. The Morgan fingerprint density at radius 2 is 1.44 bits per heavy atom. The van der Waals surface area contributed by atoms with Gasteiger partial charge in [-0.1, -0.05) is 73.1 Å². The number of likely N-dealkylation sites (tertiary alicyclic amines) is 1. The molecule has 2 aromatic rings. The highest BCUT2D eigenvalue weighted by molar-refractivity contribution is 6.12. The predicted molar refractivity (Wildman–Crippen MR) is 278 cm³/mol. The van der Waals surface area contributed by atoms with Gasteiger partial charge in [0.2, 0.25) is 17.7 Å². The number of ketones is 2. The molecule has 5 amide bonds. The molecular weight excluding hydrogens is 937 g/mol. The number of benzene rings is 1. The van der Waals surface area contributed by atoms with Gasteiger partial charge in [0.1, 0.15) is 5.78 Å². The second-order valence-corrected chi connectivity index (χ2v) is 20.6. The molecule has 1 fully saturated rings. The molecule has 0 unspecified atom stereocenters. The van der Waals surface area contributed by atoms with Crippen LogP contribution in [0, 0.1) is 35.5 Å². The Hall–Kier alpha value is -4.85. The molecule has 1 aromatic carbocycles. The maximum atomic E-state index is 14.7. The van der Waals surface area contributed by atoms with E-state index in [4.69, 9.17) is 29.4 Å². The van der Waals surface area contributed by atoms with E-state index < -0.39 is 54.0 Å². The number of methoxy groups -OCH3 is 2. The van der Waals surface area contributed by atoms with E-state index in [2.05, 4.69) is 4.98 Å². The van der Waals surface area contributed by atoms with Gasteiger partial charge in [0.25, 0.3) is 11.8 Å². The number of fused-ring (bicyclic) bond motifs is 1. The molecule has 1 aromatic heterocycles. The summed E-state index contributed by atoms with van der Waals surface area (Å²) in [5, 5.41) is 0.975. The van der Waals surface area contributed by atoms with Gasteiger partial charge < -0.3 is 44.2 Å². The normalized spacial score (nSPS) is 18.4. The number of rotatable bonds is 35. The van der Waals surface area contributed by atoms with E-state index in [9.17, 15) is 33.6 Å². The number of primary amides is 1. The minimum atomic E-state index is -0.720. The van der Waals surface area contributed by atoms with Crippen molar-refractivity contribution in [3.8, 4) is 0 Å². The standard InChI is InChI=1S/C55H86N6O12/c1-12-37(6)52(47(69-10)33-50(66)60-21-15-18-44(60)53(70-11)38(7)45(62)31-39(54(56)67)30-40-34-57-43-17-14-13-16-41(40)43)59(9)55(68)42(35(2)3)32-46(63)51(36(4)5)58(8)22-24-71-26-28-73-29-27-72-25-23-61-48(64)19-20-49(61)65/h13-14,16-17,19-20,34-39,42,44,47,51-53,57H,12,15,18,21-33H2,1-11H3,(H2,56,67)/t37-,38-,39+,42-,44-,47+,51-,52-,53+/m0/s1. The third-order valence-electron chi connectivity index (χ3n) is 15.0. The number of aromatic nitrogens is 1. The maximum Gasteiger partial charge on any atom is 0.253 e. The number of para-hydroxylation sites is 1. The molecular formula is C55H86N6O12. The minimum Gasteiger partial charge on any atom is -0.379 e. The number of aromatic amines is 1. The zero-order valence-corrected chi connectivity index (χ0v) is 45.5. The highest BCUT2D eigenvalue weighted by atomic mass is 16.5. The van der Waals surface area contributed by atoms with Crippen LogP contribution in [0.3, 0.4) is 0 Å². The molecule has 9 atom stereocenters. The van der Waals surface area contributed by atoms with Crippen LogP contribution in [-0.4, -0.2) is 184 Å². The lowest BCUT2D eigenvalue weighted by Crippen LogP contribution is -2.54. The van der Waals surface area contributed by atoms with Crippen molar-refractivity contribution in [3.05, 3.63) is 48.2 Å². The number of amides is 5. The Bertz CT molecular complexity index is 2140. The van der Waals surface area contributed by atoms with Crippen molar-refractivity contribution in [2.24, 2.45) is 41.2 Å². The first-order valence-electron chi connectivity index (χ1n) is 26.3. The summed E-state index contributed by atoms with van der Waals surface area (Å²) in [7, 11) is 6.75. The van der Waals surface area contributed by atoms with Crippen LogP contribution >= 0.6 is 0 Å². The number of likely N-dealkylation sites (N-methyl/N-ethyl adjacent to an activating group) is 2. The fourth-order valence-electron chi connectivity index (χ4n) is 10.6. The topological polar surface area (TPSA) is 220 Å². The lowest BCUT2D eigenvalue weighted by atomic mass is 9.83. The first-order chi connectivity index (χ1) is 34.8. The molecule has 4 rings (SSSR count). The number of nitrogens with zero attached hydrogens (tertiary/aromatic N) is 4. The van der Waals surface area contributed by atoms with Gasteiger partial charge in [-0.15, -0.1) is 0 Å². The largest absolute Gasteiger partial charge is 0.379 e. The minimum absolute atomic E-state index is 0.00775. The number of imide groups is 1. The highest BCUT2D eigenvalue weighted by Gasteiger charge is 2.43. The second-order valence-electron chi connectivity index (χ2n) is 20.6.